The lowest BCUT2D eigenvalue weighted by Crippen LogP contribution is -2.53. The molecule has 2 N–H and O–H groups in total. The van der Waals surface area contributed by atoms with Crippen molar-refractivity contribution in [1.82, 2.24) is 10.2 Å². The van der Waals surface area contributed by atoms with Crippen LogP contribution in [-0.2, 0) is 9.53 Å². The maximum atomic E-state index is 12.2. The minimum absolute atomic E-state index is 0.139. The number of nitrogens with zero attached hydrogens (tertiary/aromatic N) is 1. The van der Waals surface area contributed by atoms with Gasteiger partial charge in [0.1, 0.15) is 5.41 Å². The highest BCUT2D eigenvalue weighted by Gasteiger charge is 2.47. The molecule has 1 saturated heterocycles. The fourth-order valence-electron chi connectivity index (χ4n) is 3.01. The quantitative estimate of drug-likeness (QED) is 0.816. The summed E-state index contributed by atoms with van der Waals surface area (Å²) in [5, 5.41) is 12.1. The molecule has 2 aliphatic rings. The van der Waals surface area contributed by atoms with Crippen molar-refractivity contribution < 1.29 is 19.4 Å². The Hall–Kier alpha value is -1.30. The molecule has 6 nitrogen and oxygen atoms in total. The van der Waals surface area contributed by atoms with Crippen LogP contribution in [0.1, 0.15) is 32.6 Å². The van der Waals surface area contributed by atoms with Crippen molar-refractivity contribution >= 4 is 12.0 Å². The molecule has 2 fully saturated rings. The SMILES string of the molecule is CN(CC1CCCC1)C(=O)NC1COCC1(C)C(=O)O. The lowest BCUT2D eigenvalue weighted by Gasteiger charge is -2.28. The van der Waals surface area contributed by atoms with E-state index in [9.17, 15) is 14.7 Å². The largest absolute Gasteiger partial charge is 0.481 e. The number of hydrogen-bond acceptors (Lipinski definition) is 3. The molecule has 2 rings (SSSR count). The number of carbonyl (C=O) groups is 2. The number of carboxylic acid groups (broad SMARTS) is 1. The minimum atomic E-state index is -1.04. The standard InChI is InChI=1S/C14H24N2O4/c1-14(12(17)18)9-20-8-11(14)15-13(19)16(2)7-10-5-3-4-6-10/h10-11H,3-9H2,1-2H3,(H,15,19)(H,17,18). The Balaban J connectivity index is 1.88. The van der Waals surface area contributed by atoms with Gasteiger partial charge in [0.05, 0.1) is 19.3 Å². The third kappa shape index (κ3) is 3.06. The lowest BCUT2D eigenvalue weighted by molar-refractivity contribution is -0.148. The van der Waals surface area contributed by atoms with Crippen LogP contribution in [0, 0.1) is 11.3 Å². The van der Waals surface area contributed by atoms with E-state index in [0.717, 1.165) is 6.54 Å². The molecule has 0 radical (unpaired) electrons. The first-order valence-corrected chi connectivity index (χ1v) is 7.26. The lowest BCUT2D eigenvalue weighted by atomic mass is 9.85. The van der Waals surface area contributed by atoms with Crippen LogP contribution in [-0.4, -0.2) is 54.9 Å². The third-order valence-electron chi connectivity index (χ3n) is 4.60. The first kappa shape index (κ1) is 15.1. The van der Waals surface area contributed by atoms with Gasteiger partial charge in [-0.05, 0) is 25.7 Å². The average Bonchev–Trinajstić information content (AvgIpc) is 3.01. The Morgan fingerprint density at radius 1 is 1.40 bits per heavy atom. The Morgan fingerprint density at radius 3 is 2.65 bits per heavy atom. The van der Waals surface area contributed by atoms with Gasteiger partial charge in [-0.3, -0.25) is 4.79 Å². The van der Waals surface area contributed by atoms with E-state index in [1.807, 2.05) is 0 Å². The van der Waals surface area contributed by atoms with Gasteiger partial charge in [-0.1, -0.05) is 12.8 Å². The van der Waals surface area contributed by atoms with Crippen LogP contribution >= 0.6 is 0 Å². The van der Waals surface area contributed by atoms with Crippen LogP contribution in [0.25, 0.3) is 0 Å². The monoisotopic (exact) mass is 284 g/mol. The first-order valence-electron chi connectivity index (χ1n) is 7.26. The molecule has 1 aliphatic carbocycles. The molecule has 0 aromatic heterocycles. The Labute approximate surface area is 119 Å². The molecule has 1 heterocycles. The molecule has 0 aromatic carbocycles. The summed E-state index contributed by atoms with van der Waals surface area (Å²) in [5.74, 6) is -0.352. The number of nitrogens with one attached hydrogen (secondary N) is 1. The highest BCUT2D eigenvalue weighted by Crippen LogP contribution is 2.29. The Bertz CT molecular complexity index is 381. The summed E-state index contributed by atoms with van der Waals surface area (Å²) >= 11 is 0. The summed E-state index contributed by atoms with van der Waals surface area (Å²) in [6.07, 6.45) is 4.84. The van der Waals surface area contributed by atoms with Crippen molar-refractivity contribution in [1.29, 1.82) is 0 Å². The van der Waals surface area contributed by atoms with E-state index < -0.39 is 17.4 Å². The number of rotatable bonds is 4. The highest BCUT2D eigenvalue weighted by molar-refractivity contribution is 5.79. The molecule has 0 spiro atoms. The highest BCUT2D eigenvalue weighted by atomic mass is 16.5. The topological polar surface area (TPSA) is 78.9 Å². The van der Waals surface area contributed by atoms with Gasteiger partial charge in [-0.15, -0.1) is 0 Å². The smallest absolute Gasteiger partial charge is 0.317 e. The van der Waals surface area contributed by atoms with Crippen LogP contribution in [0.5, 0.6) is 0 Å². The van der Waals surface area contributed by atoms with E-state index in [1.165, 1.54) is 25.7 Å². The number of amides is 2. The molecule has 0 bridgehead atoms. The summed E-state index contributed by atoms with van der Waals surface area (Å²) in [7, 11) is 1.77. The number of carbonyl (C=O) groups excluding carboxylic acids is 1. The third-order valence-corrected chi connectivity index (χ3v) is 4.60. The number of carboxylic acids is 1. The molecule has 6 heteroatoms. The summed E-state index contributed by atoms with van der Waals surface area (Å²) < 4.78 is 5.23. The van der Waals surface area contributed by atoms with Crippen molar-refractivity contribution in [3.8, 4) is 0 Å². The van der Waals surface area contributed by atoms with Gasteiger partial charge >= 0.3 is 12.0 Å². The maximum Gasteiger partial charge on any atom is 0.317 e. The molecule has 1 saturated carbocycles. The van der Waals surface area contributed by atoms with Gasteiger partial charge in [-0.2, -0.15) is 0 Å². The van der Waals surface area contributed by atoms with Crippen molar-refractivity contribution in [3.05, 3.63) is 0 Å². The summed E-state index contributed by atoms with van der Waals surface area (Å²) in [6, 6.07) is -0.682. The summed E-state index contributed by atoms with van der Waals surface area (Å²) in [4.78, 5) is 25.1. The Kier molecular flexibility index (Phi) is 4.52. The fraction of sp³-hybridized carbons (Fsp3) is 0.857. The molecule has 114 valence electrons. The van der Waals surface area contributed by atoms with Crippen LogP contribution in [0.2, 0.25) is 0 Å². The van der Waals surface area contributed by atoms with Crippen molar-refractivity contribution in [2.24, 2.45) is 11.3 Å². The van der Waals surface area contributed by atoms with E-state index >= 15 is 0 Å². The molecule has 1 aliphatic heterocycles. The molecular formula is C14H24N2O4. The zero-order valence-electron chi connectivity index (χ0n) is 12.2. The van der Waals surface area contributed by atoms with E-state index in [-0.39, 0.29) is 19.2 Å². The number of ether oxygens (including phenoxy) is 1. The number of aliphatic carboxylic acids is 1. The minimum Gasteiger partial charge on any atom is -0.481 e. The summed E-state index contributed by atoms with van der Waals surface area (Å²) in [6.45, 7) is 2.75. The van der Waals surface area contributed by atoms with Crippen LogP contribution in [0.15, 0.2) is 0 Å². The number of hydrogen-bond donors (Lipinski definition) is 2. The molecule has 2 unspecified atom stereocenters. The van der Waals surface area contributed by atoms with Gasteiger partial charge in [-0.25, -0.2) is 4.79 Å². The second kappa shape index (κ2) is 5.99. The van der Waals surface area contributed by atoms with E-state index in [1.54, 1.807) is 18.9 Å². The Morgan fingerprint density at radius 2 is 2.05 bits per heavy atom. The molecule has 20 heavy (non-hydrogen) atoms. The van der Waals surface area contributed by atoms with Gasteiger partial charge in [0.25, 0.3) is 0 Å². The molecular weight excluding hydrogens is 260 g/mol. The number of urea groups is 1. The molecule has 2 atom stereocenters. The zero-order valence-corrected chi connectivity index (χ0v) is 12.2. The van der Waals surface area contributed by atoms with Crippen molar-refractivity contribution in [2.75, 3.05) is 26.8 Å². The second-order valence-corrected chi connectivity index (χ2v) is 6.27. The van der Waals surface area contributed by atoms with Crippen LogP contribution < -0.4 is 5.32 Å². The predicted molar refractivity (Wildman–Crippen MR) is 73.5 cm³/mol. The van der Waals surface area contributed by atoms with Gasteiger partial charge in [0.2, 0.25) is 0 Å². The van der Waals surface area contributed by atoms with Gasteiger partial charge in [0, 0.05) is 13.6 Å². The molecule has 2 amide bonds. The van der Waals surface area contributed by atoms with Crippen LogP contribution in [0.3, 0.4) is 0 Å². The van der Waals surface area contributed by atoms with Gasteiger partial charge in [0.15, 0.2) is 0 Å². The van der Waals surface area contributed by atoms with Gasteiger partial charge < -0.3 is 20.1 Å². The normalized spacial score (nSPS) is 30.4. The fourth-order valence-corrected chi connectivity index (χ4v) is 3.01. The molecule has 0 aromatic rings. The zero-order chi connectivity index (χ0) is 14.8. The second-order valence-electron chi connectivity index (χ2n) is 6.27. The predicted octanol–water partition coefficient (Wildman–Crippen LogP) is 1.31. The average molecular weight is 284 g/mol. The van der Waals surface area contributed by atoms with E-state index in [0.29, 0.717) is 5.92 Å². The van der Waals surface area contributed by atoms with E-state index in [4.69, 9.17) is 4.74 Å². The van der Waals surface area contributed by atoms with Crippen molar-refractivity contribution in [2.45, 2.75) is 38.6 Å². The van der Waals surface area contributed by atoms with E-state index in [2.05, 4.69) is 5.32 Å². The maximum absolute atomic E-state index is 12.2. The van der Waals surface area contributed by atoms with Crippen LogP contribution in [0.4, 0.5) is 4.79 Å². The van der Waals surface area contributed by atoms with Crippen molar-refractivity contribution in [3.63, 3.8) is 0 Å². The first-order chi connectivity index (χ1) is 9.43. The summed E-state index contributed by atoms with van der Waals surface area (Å²) in [5.41, 5.74) is -1.04.